The van der Waals surface area contributed by atoms with E-state index >= 15 is 0 Å². The van der Waals surface area contributed by atoms with Crippen LogP contribution in [0.15, 0.2) is 0 Å². The third-order valence-electron chi connectivity index (χ3n) is 7.50. The quantitative estimate of drug-likeness (QED) is 0.0270. The molecule has 352 valence electrons. The third kappa shape index (κ3) is 51.3. The van der Waals surface area contributed by atoms with Gasteiger partial charge in [0.15, 0.2) is 5.12 Å². The Labute approximate surface area is 341 Å². The second-order valence-corrected chi connectivity index (χ2v) is 13.1. The monoisotopic (exact) mass is 868 g/mol. The van der Waals surface area contributed by atoms with Crippen molar-refractivity contribution in [2.24, 2.45) is 5.92 Å². The molecule has 0 saturated heterocycles. The fraction of sp³-hybridized carbons (Fsp3) is 0.971. The molecule has 20 N–H and O–H groups in total. The van der Waals surface area contributed by atoms with Crippen molar-refractivity contribution in [2.45, 2.75) is 146 Å². The summed E-state index contributed by atoms with van der Waals surface area (Å²) in [5.74, 6) is 0.146. The summed E-state index contributed by atoms with van der Waals surface area (Å²) in [5, 5.41) is 166. The first-order valence-electron chi connectivity index (χ1n) is 18.9. The second-order valence-electron chi connectivity index (χ2n) is 12.7. The molecule has 0 heterocycles. The molecule has 21 nitrogen and oxygen atoms in total. The second kappa shape index (κ2) is 51.4. The first-order valence-corrected chi connectivity index (χ1v) is 19.3. The van der Waals surface area contributed by atoms with Gasteiger partial charge in [-0.25, -0.2) is 0 Å². The SMILES string of the molecule is CCCCCCCCCCCCC(C)C(=O)S.OC[C@@H](O)[C@@H](O)CO.OC[C@@H](O)[C@@H](O)CO.OC[C@@H](O)[C@@H](O)CO.OC[C@@H](O)[C@@H](O)CO.OC[C@@H](O)[C@@H](O)CO. The summed E-state index contributed by atoms with van der Waals surface area (Å²) in [5.41, 5.74) is 0. The molecule has 0 aromatic carbocycles. The van der Waals surface area contributed by atoms with Gasteiger partial charge < -0.3 is 102 Å². The summed E-state index contributed by atoms with van der Waals surface area (Å²) in [6, 6.07) is 0. The van der Waals surface area contributed by atoms with Crippen LogP contribution in [0.25, 0.3) is 0 Å². The number of carbonyl (C=O) groups excluding carboxylic acids is 1. The van der Waals surface area contributed by atoms with Crippen LogP contribution in [-0.4, -0.2) is 234 Å². The van der Waals surface area contributed by atoms with Crippen LogP contribution in [0.1, 0.15) is 84.5 Å². The van der Waals surface area contributed by atoms with Gasteiger partial charge in [-0.15, -0.1) is 12.6 Å². The van der Waals surface area contributed by atoms with Gasteiger partial charge in [0.05, 0.1) is 66.1 Å². The molecule has 57 heavy (non-hydrogen) atoms. The fourth-order valence-electron chi connectivity index (χ4n) is 3.28. The van der Waals surface area contributed by atoms with Crippen molar-refractivity contribution in [2.75, 3.05) is 66.1 Å². The summed E-state index contributed by atoms with van der Waals surface area (Å²) in [7, 11) is 0. The van der Waals surface area contributed by atoms with Crippen molar-refractivity contribution in [3.05, 3.63) is 0 Å². The number of hydrogen-bond acceptors (Lipinski definition) is 21. The molecule has 0 aromatic rings. The average molecular weight is 869 g/mol. The minimum absolute atomic E-state index is 0.0425. The number of thiol groups is 1. The lowest BCUT2D eigenvalue weighted by Crippen LogP contribution is -2.31. The number of rotatable bonds is 27. The van der Waals surface area contributed by atoms with Crippen molar-refractivity contribution in [1.29, 1.82) is 0 Å². The summed E-state index contributed by atoms with van der Waals surface area (Å²) in [6.07, 6.45) is 2.32. The lowest BCUT2D eigenvalue weighted by molar-refractivity contribution is -0.113. The van der Waals surface area contributed by atoms with Crippen LogP contribution in [0.5, 0.6) is 0 Å². The van der Waals surface area contributed by atoms with E-state index < -0.39 is 127 Å². The maximum atomic E-state index is 10.9. The van der Waals surface area contributed by atoms with Gasteiger partial charge in [-0.05, 0) is 6.42 Å². The Kier molecular flexibility index (Phi) is 61.2. The Balaban J connectivity index is -0.000000142. The number of aliphatic hydroxyl groups is 20. The molecule has 11 atom stereocenters. The van der Waals surface area contributed by atoms with E-state index in [0.29, 0.717) is 0 Å². The number of carbonyl (C=O) groups is 1. The highest BCUT2D eigenvalue weighted by molar-refractivity contribution is 7.96. The smallest absolute Gasteiger partial charge is 0.188 e. The molecule has 0 aliphatic heterocycles. The maximum absolute atomic E-state index is 10.9. The molecule has 0 bridgehead atoms. The van der Waals surface area contributed by atoms with Crippen molar-refractivity contribution in [3.8, 4) is 0 Å². The molecule has 0 fully saturated rings. The van der Waals surface area contributed by atoms with E-state index in [1.807, 2.05) is 6.92 Å². The Morgan fingerprint density at radius 2 is 0.509 bits per heavy atom. The predicted molar refractivity (Wildman–Crippen MR) is 211 cm³/mol. The van der Waals surface area contributed by atoms with Gasteiger partial charge in [0.25, 0.3) is 0 Å². The van der Waals surface area contributed by atoms with E-state index in [1.54, 1.807) is 0 Å². The lowest BCUT2D eigenvalue weighted by Gasteiger charge is -2.10. The van der Waals surface area contributed by atoms with Crippen LogP contribution < -0.4 is 0 Å². The minimum atomic E-state index is -1.22. The molecule has 0 saturated carbocycles. The first kappa shape index (κ1) is 68.0. The largest absolute Gasteiger partial charge is 0.394 e. The molecular formula is C35H80O21S. The van der Waals surface area contributed by atoms with Crippen molar-refractivity contribution in [3.63, 3.8) is 0 Å². The van der Waals surface area contributed by atoms with E-state index in [-0.39, 0.29) is 11.0 Å². The summed E-state index contributed by atoms with van der Waals surface area (Å²) in [6.45, 7) is -1.02. The number of aliphatic hydroxyl groups excluding tert-OH is 20. The Morgan fingerprint density at radius 1 is 0.351 bits per heavy atom. The standard InChI is InChI=1S/C15H30OS.5C4H10O4/c1-3-4-5-6-7-8-9-10-11-12-13-14(2)15(16)17;5*5-1-3(7)4(8)2-6/h14H,3-13H2,1-2H3,(H,16,17);5*3-8H,1-2H2/t;5*3-,4+. The topological polar surface area (TPSA) is 422 Å². The molecule has 0 radical (unpaired) electrons. The van der Waals surface area contributed by atoms with Gasteiger partial charge in [0.1, 0.15) is 61.0 Å². The summed E-state index contributed by atoms with van der Waals surface area (Å²) < 4.78 is 0. The molecule has 0 aromatic heterocycles. The summed E-state index contributed by atoms with van der Waals surface area (Å²) >= 11 is 3.85. The highest BCUT2D eigenvalue weighted by Gasteiger charge is 2.15. The fourth-order valence-corrected chi connectivity index (χ4v) is 3.41. The summed E-state index contributed by atoms with van der Waals surface area (Å²) in [4.78, 5) is 10.9. The lowest BCUT2D eigenvalue weighted by atomic mass is 10.0. The average Bonchev–Trinajstić information content (AvgIpc) is 3.24. The first-order chi connectivity index (χ1) is 26.8. The molecule has 0 aliphatic carbocycles. The molecular weight excluding hydrogens is 788 g/mol. The minimum Gasteiger partial charge on any atom is -0.394 e. The molecule has 0 aliphatic rings. The molecule has 22 heteroatoms. The Morgan fingerprint density at radius 3 is 0.649 bits per heavy atom. The maximum Gasteiger partial charge on any atom is 0.188 e. The van der Waals surface area contributed by atoms with Gasteiger partial charge >= 0.3 is 0 Å². The number of unbranched alkanes of at least 4 members (excludes halogenated alkanes) is 9. The molecule has 1 unspecified atom stereocenters. The van der Waals surface area contributed by atoms with Gasteiger partial charge in [-0.2, -0.15) is 0 Å². The third-order valence-corrected chi connectivity index (χ3v) is 7.94. The van der Waals surface area contributed by atoms with Crippen LogP contribution in [0.3, 0.4) is 0 Å². The predicted octanol–water partition coefficient (Wildman–Crippen LogP) is -6.15. The van der Waals surface area contributed by atoms with E-state index in [0.717, 1.165) is 6.42 Å². The van der Waals surface area contributed by atoms with Crippen LogP contribution in [-0.2, 0) is 4.79 Å². The zero-order valence-corrected chi connectivity index (χ0v) is 34.4. The van der Waals surface area contributed by atoms with Crippen LogP contribution in [0.4, 0.5) is 0 Å². The molecule has 0 rings (SSSR count). The number of hydrogen-bond donors (Lipinski definition) is 21. The normalized spacial score (nSPS) is 16.4. The van der Waals surface area contributed by atoms with E-state index in [1.165, 1.54) is 64.2 Å². The van der Waals surface area contributed by atoms with Crippen LogP contribution in [0.2, 0.25) is 0 Å². The highest BCUT2D eigenvalue weighted by Crippen LogP contribution is 2.15. The van der Waals surface area contributed by atoms with Gasteiger partial charge in [0.2, 0.25) is 0 Å². The van der Waals surface area contributed by atoms with Crippen molar-refractivity contribution < 1.29 is 107 Å². The molecule has 0 amide bonds. The van der Waals surface area contributed by atoms with Crippen LogP contribution in [0, 0.1) is 5.92 Å². The van der Waals surface area contributed by atoms with Gasteiger partial charge in [-0.1, -0.05) is 78.1 Å². The van der Waals surface area contributed by atoms with E-state index in [9.17, 15) is 4.79 Å². The van der Waals surface area contributed by atoms with Crippen molar-refractivity contribution >= 4 is 17.7 Å². The Hall–Kier alpha value is -0.780. The van der Waals surface area contributed by atoms with Gasteiger partial charge in [0, 0.05) is 5.92 Å². The van der Waals surface area contributed by atoms with Crippen LogP contribution >= 0.6 is 12.6 Å². The van der Waals surface area contributed by atoms with E-state index in [2.05, 4.69) is 19.6 Å². The highest BCUT2D eigenvalue weighted by atomic mass is 32.1. The van der Waals surface area contributed by atoms with E-state index in [4.69, 9.17) is 102 Å². The zero-order chi connectivity index (χ0) is 45.8. The Bertz CT molecular complexity index is 633. The van der Waals surface area contributed by atoms with Gasteiger partial charge in [-0.3, -0.25) is 4.79 Å². The molecule has 0 spiro atoms. The zero-order valence-electron chi connectivity index (χ0n) is 33.5. The van der Waals surface area contributed by atoms with Crippen molar-refractivity contribution in [1.82, 2.24) is 0 Å².